The van der Waals surface area contributed by atoms with E-state index in [-0.39, 0.29) is 25.4 Å². The van der Waals surface area contributed by atoms with E-state index in [1.54, 1.807) is 13.0 Å². The van der Waals surface area contributed by atoms with Crippen LogP contribution < -0.4 is 5.73 Å². The second-order valence-electron chi connectivity index (χ2n) is 4.35. The van der Waals surface area contributed by atoms with Crippen LogP contribution in [0.1, 0.15) is 21.0 Å². The molecule has 1 aromatic rings. The van der Waals surface area contributed by atoms with Crippen molar-refractivity contribution in [2.24, 2.45) is 0 Å². The van der Waals surface area contributed by atoms with E-state index in [0.29, 0.717) is 10.6 Å². The number of carbonyl (C=O) groups is 1. The highest BCUT2D eigenvalue weighted by Crippen LogP contribution is 2.31. The van der Waals surface area contributed by atoms with Gasteiger partial charge in [0.1, 0.15) is 0 Å². The molecule has 0 saturated heterocycles. The minimum atomic E-state index is -4.29. The zero-order valence-corrected chi connectivity index (χ0v) is 11.1. The molecule has 7 heteroatoms. The standard InChI is InChI=1S/C12H13F3N2OS/c1-7-9(16)6-10(19-7)11(18)17-4-2-8(3-5-17)12(13,14)15/h2,6H,3-5,16H2,1H3. The van der Waals surface area contributed by atoms with E-state index in [4.69, 9.17) is 5.73 Å². The zero-order valence-electron chi connectivity index (χ0n) is 10.3. The Morgan fingerprint density at radius 3 is 2.58 bits per heavy atom. The summed E-state index contributed by atoms with van der Waals surface area (Å²) in [6.45, 7) is 1.88. The first kappa shape index (κ1) is 13.9. The van der Waals surface area contributed by atoms with Crippen LogP contribution in [-0.4, -0.2) is 30.1 Å². The maximum absolute atomic E-state index is 12.5. The maximum Gasteiger partial charge on any atom is 0.412 e. The minimum Gasteiger partial charge on any atom is -0.398 e. The second-order valence-corrected chi connectivity index (χ2v) is 5.61. The third-order valence-electron chi connectivity index (χ3n) is 3.03. The zero-order chi connectivity index (χ0) is 14.2. The molecule has 0 radical (unpaired) electrons. The molecule has 2 heterocycles. The van der Waals surface area contributed by atoms with E-state index in [1.807, 2.05) is 0 Å². The van der Waals surface area contributed by atoms with Gasteiger partial charge in [0.2, 0.25) is 0 Å². The molecular weight excluding hydrogens is 277 g/mol. The second kappa shape index (κ2) is 4.88. The molecule has 1 amide bonds. The first-order valence-electron chi connectivity index (χ1n) is 5.70. The number of thiophene rings is 1. The van der Waals surface area contributed by atoms with Gasteiger partial charge < -0.3 is 10.6 Å². The number of alkyl halides is 3. The highest BCUT2D eigenvalue weighted by atomic mass is 32.1. The number of anilines is 1. The summed E-state index contributed by atoms with van der Waals surface area (Å²) in [6.07, 6.45) is -3.38. The number of hydrogen-bond donors (Lipinski definition) is 1. The number of hydrogen-bond acceptors (Lipinski definition) is 3. The molecular formula is C12H13F3N2OS. The fraction of sp³-hybridized carbons (Fsp3) is 0.417. The summed E-state index contributed by atoms with van der Waals surface area (Å²) in [4.78, 5) is 14.8. The quantitative estimate of drug-likeness (QED) is 0.808. The summed E-state index contributed by atoms with van der Waals surface area (Å²) in [5, 5.41) is 0. The van der Waals surface area contributed by atoms with Gasteiger partial charge in [-0.3, -0.25) is 4.79 Å². The Morgan fingerprint density at radius 2 is 2.16 bits per heavy atom. The lowest BCUT2D eigenvalue weighted by atomic mass is 10.1. The first-order valence-corrected chi connectivity index (χ1v) is 6.52. The lowest BCUT2D eigenvalue weighted by molar-refractivity contribution is -0.0957. The molecule has 2 N–H and O–H groups in total. The predicted octanol–water partition coefficient (Wildman–Crippen LogP) is 2.97. The summed E-state index contributed by atoms with van der Waals surface area (Å²) in [7, 11) is 0. The Bertz CT molecular complexity index is 514. The Hall–Kier alpha value is -1.50. The van der Waals surface area contributed by atoms with Crippen LogP contribution in [0.25, 0.3) is 0 Å². The molecule has 0 bridgehead atoms. The number of carbonyl (C=O) groups excluding carboxylic acids is 1. The van der Waals surface area contributed by atoms with Crippen LogP contribution >= 0.6 is 11.3 Å². The molecule has 0 spiro atoms. The van der Waals surface area contributed by atoms with Gasteiger partial charge in [0.25, 0.3) is 5.91 Å². The van der Waals surface area contributed by atoms with Gasteiger partial charge in [-0.15, -0.1) is 11.3 Å². The molecule has 0 aromatic carbocycles. The first-order chi connectivity index (χ1) is 8.79. The van der Waals surface area contributed by atoms with E-state index in [0.717, 1.165) is 11.0 Å². The van der Waals surface area contributed by atoms with Crippen molar-refractivity contribution in [3.63, 3.8) is 0 Å². The van der Waals surface area contributed by atoms with Gasteiger partial charge in [-0.1, -0.05) is 6.08 Å². The van der Waals surface area contributed by atoms with Gasteiger partial charge >= 0.3 is 6.18 Å². The Balaban J connectivity index is 2.10. The van der Waals surface area contributed by atoms with Crippen LogP contribution in [0.3, 0.4) is 0 Å². The van der Waals surface area contributed by atoms with E-state index in [1.165, 1.54) is 16.2 Å². The number of nitrogens with zero attached hydrogens (tertiary/aromatic N) is 1. The molecule has 2 rings (SSSR count). The van der Waals surface area contributed by atoms with Crippen LogP contribution in [0.5, 0.6) is 0 Å². The molecule has 0 aliphatic carbocycles. The number of halogens is 3. The molecule has 3 nitrogen and oxygen atoms in total. The van der Waals surface area contributed by atoms with E-state index in [9.17, 15) is 18.0 Å². The molecule has 1 aliphatic heterocycles. The van der Waals surface area contributed by atoms with Crippen molar-refractivity contribution in [3.05, 3.63) is 27.5 Å². The predicted molar refractivity (Wildman–Crippen MR) is 68.1 cm³/mol. The maximum atomic E-state index is 12.5. The van der Waals surface area contributed by atoms with Crippen LogP contribution in [0.4, 0.5) is 18.9 Å². The lowest BCUT2D eigenvalue weighted by Gasteiger charge is -2.26. The van der Waals surface area contributed by atoms with E-state index < -0.39 is 11.7 Å². The smallest absolute Gasteiger partial charge is 0.398 e. The highest BCUT2D eigenvalue weighted by molar-refractivity contribution is 7.14. The van der Waals surface area contributed by atoms with Crippen molar-refractivity contribution in [3.8, 4) is 0 Å². The van der Waals surface area contributed by atoms with Crippen molar-refractivity contribution >= 4 is 22.9 Å². The highest BCUT2D eigenvalue weighted by Gasteiger charge is 2.35. The van der Waals surface area contributed by atoms with Gasteiger partial charge in [-0.25, -0.2) is 0 Å². The summed E-state index contributed by atoms with van der Waals surface area (Å²) >= 11 is 1.26. The summed E-state index contributed by atoms with van der Waals surface area (Å²) < 4.78 is 37.4. The van der Waals surface area contributed by atoms with Crippen LogP contribution in [0, 0.1) is 6.92 Å². The number of amides is 1. The SMILES string of the molecule is Cc1sc(C(=O)N2CC=C(C(F)(F)F)CC2)cc1N. The molecule has 1 aromatic heterocycles. The van der Waals surface area contributed by atoms with Crippen LogP contribution in [0.15, 0.2) is 17.7 Å². The summed E-state index contributed by atoms with van der Waals surface area (Å²) in [6, 6.07) is 1.57. The monoisotopic (exact) mass is 290 g/mol. The number of aryl methyl sites for hydroxylation is 1. The fourth-order valence-corrected chi connectivity index (χ4v) is 2.78. The van der Waals surface area contributed by atoms with Gasteiger partial charge in [-0.2, -0.15) is 13.2 Å². The fourth-order valence-electron chi connectivity index (χ4n) is 1.87. The summed E-state index contributed by atoms with van der Waals surface area (Å²) in [5.41, 5.74) is 5.65. The lowest BCUT2D eigenvalue weighted by Crippen LogP contribution is -2.36. The minimum absolute atomic E-state index is 0.00940. The van der Waals surface area contributed by atoms with Crippen molar-refractivity contribution in [1.82, 2.24) is 4.90 Å². The van der Waals surface area contributed by atoms with Gasteiger partial charge in [0.15, 0.2) is 0 Å². The molecule has 0 atom stereocenters. The normalized spacial score (nSPS) is 16.4. The molecule has 104 valence electrons. The molecule has 0 fully saturated rings. The Kier molecular flexibility index (Phi) is 3.58. The molecule has 0 unspecified atom stereocenters. The Labute approximate surface area is 112 Å². The van der Waals surface area contributed by atoms with Crippen molar-refractivity contribution in [2.75, 3.05) is 18.8 Å². The van der Waals surface area contributed by atoms with Crippen LogP contribution in [0.2, 0.25) is 0 Å². The average Bonchev–Trinajstić information content (AvgIpc) is 2.68. The molecule has 19 heavy (non-hydrogen) atoms. The van der Waals surface area contributed by atoms with E-state index >= 15 is 0 Å². The topological polar surface area (TPSA) is 46.3 Å². The van der Waals surface area contributed by atoms with Crippen molar-refractivity contribution in [1.29, 1.82) is 0 Å². The average molecular weight is 290 g/mol. The largest absolute Gasteiger partial charge is 0.412 e. The van der Waals surface area contributed by atoms with Crippen LogP contribution in [-0.2, 0) is 0 Å². The summed E-state index contributed by atoms with van der Waals surface area (Å²) in [5.74, 6) is -0.262. The number of nitrogens with two attached hydrogens (primary N) is 1. The van der Waals surface area contributed by atoms with E-state index in [2.05, 4.69) is 0 Å². The van der Waals surface area contributed by atoms with Crippen molar-refractivity contribution < 1.29 is 18.0 Å². The third-order valence-corrected chi connectivity index (χ3v) is 4.08. The van der Waals surface area contributed by atoms with Gasteiger partial charge in [-0.05, 0) is 19.4 Å². The molecule has 1 aliphatic rings. The van der Waals surface area contributed by atoms with Crippen molar-refractivity contribution in [2.45, 2.75) is 19.5 Å². The third kappa shape index (κ3) is 2.91. The Morgan fingerprint density at radius 1 is 1.47 bits per heavy atom. The van der Waals surface area contributed by atoms with Gasteiger partial charge in [0.05, 0.1) is 4.88 Å². The van der Waals surface area contributed by atoms with Gasteiger partial charge in [0, 0.05) is 29.2 Å². The molecule has 0 saturated carbocycles. The number of rotatable bonds is 1. The number of nitrogen functional groups attached to an aromatic ring is 1.